The van der Waals surface area contributed by atoms with Gasteiger partial charge in [-0.25, -0.2) is 0 Å². The molecule has 0 fully saturated rings. The summed E-state index contributed by atoms with van der Waals surface area (Å²) in [5.74, 6) is 0. The number of allylic oxidation sites excluding steroid dienone is 4. The second-order valence-corrected chi connectivity index (χ2v) is 6.11. The molecule has 0 spiro atoms. The van der Waals surface area contributed by atoms with Gasteiger partial charge in [0.05, 0.1) is 0 Å². The van der Waals surface area contributed by atoms with Gasteiger partial charge in [0.1, 0.15) is 0 Å². The molecule has 0 aromatic carbocycles. The van der Waals surface area contributed by atoms with E-state index < -0.39 is 0 Å². The molecule has 0 amide bonds. The van der Waals surface area contributed by atoms with E-state index in [9.17, 15) is 0 Å². The van der Waals surface area contributed by atoms with Gasteiger partial charge in [-0.1, -0.05) is 24.3 Å². The second-order valence-electron chi connectivity index (χ2n) is 3.28. The quantitative estimate of drug-likeness (QED) is 0.618. The van der Waals surface area contributed by atoms with Crippen LogP contribution in [0.2, 0.25) is 0 Å². The molecular weight excluding hydrogens is 167 g/mol. The molecule has 0 aromatic rings. The standard InChI is InChI=1S/C9H17N2P/c1-10(2)12(11(3)4)9-7-5-6-8-9/h5-9H,1-4H3. The van der Waals surface area contributed by atoms with Gasteiger partial charge in [0.25, 0.3) is 0 Å². The lowest BCUT2D eigenvalue weighted by molar-refractivity contribution is 0.570. The van der Waals surface area contributed by atoms with E-state index in [1.807, 2.05) is 0 Å². The molecule has 0 atom stereocenters. The monoisotopic (exact) mass is 184 g/mol. The Bertz CT molecular complexity index is 177. The zero-order chi connectivity index (χ0) is 9.14. The summed E-state index contributed by atoms with van der Waals surface area (Å²) in [6.45, 7) is 0. The molecule has 0 N–H and O–H groups in total. The van der Waals surface area contributed by atoms with Crippen molar-refractivity contribution in [1.82, 2.24) is 9.34 Å². The second kappa shape index (κ2) is 4.18. The fourth-order valence-electron chi connectivity index (χ4n) is 1.47. The Labute approximate surface area is 76.4 Å². The fourth-order valence-corrected chi connectivity index (χ4v) is 3.75. The smallest absolute Gasteiger partial charge is 0.0497 e. The first-order valence-electron chi connectivity index (χ1n) is 4.11. The van der Waals surface area contributed by atoms with Crippen molar-refractivity contribution in [2.75, 3.05) is 28.2 Å². The Kier molecular flexibility index (Phi) is 3.45. The van der Waals surface area contributed by atoms with Crippen molar-refractivity contribution in [1.29, 1.82) is 0 Å². The van der Waals surface area contributed by atoms with Crippen molar-refractivity contribution in [2.45, 2.75) is 5.66 Å². The van der Waals surface area contributed by atoms with Crippen LogP contribution in [0.25, 0.3) is 0 Å². The van der Waals surface area contributed by atoms with Crippen molar-refractivity contribution in [3.05, 3.63) is 24.3 Å². The van der Waals surface area contributed by atoms with Gasteiger partial charge >= 0.3 is 0 Å². The lowest BCUT2D eigenvalue weighted by Crippen LogP contribution is -2.22. The Morgan fingerprint density at radius 1 is 0.917 bits per heavy atom. The molecule has 1 aliphatic carbocycles. The summed E-state index contributed by atoms with van der Waals surface area (Å²) in [6, 6.07) is 0. The van der Waals surface area contributed by atoms with E-state index in [-0.39, 0.29) is 8.22 Å². The molecule has 0 aromatic heterocycles. The molecule has 12 heavy (non-hydrogen) atoms. The van der Waals surface area contributed by atoms with Crippen LogP contribution < -0.4 is 0 Å². The van der Waals surface area contributed by atoms with Gasteiger partial charge in [0.15, 0.2) is 0 Å². The maximum atomic E-state index is 2.31. The van der Waals surface area contributed by atoms with Crippen LogP contribution in [-0.2, 0) is 0 Å². The normalized spacial score (nSPS) is 17.6. The first kappa shape index (κ1) is 9.91. The number of hydrogen-bond donors (Lipinski definition) is 0. The molecule has 1 aliphatic rings. The minimum absolute atomic E-state index is 0.187. The maximum absolute atomic E-state index is 2.31. The highest BCUT2D eigenvalue weighted by Crippen LogP contribution is 2.47. The minimum Gasteiger partial charge on any atom is -0.275 e. The summed E-state index contributed by atoms with van der Waals surface area (Å²) in [5, 5.41) is 0. The summed E-state index contributed by atoms with van der Waals surface area (Å²) < 4.78 is 4.61. The lowest BCUT2D eigenvalue weighted by atomic mass is 10.5. The first-order valence-corrected chi connectivity index (χ1v) is 5.43. The largest absolute Gasteiger partial charge is 0.275 e. The van der Waals surface area contributed by atoms with E-state index in [2.05, 4.69) is 61.8 Å². The number of hydrogen-bond acceptors (Lipinski definition) is 2. The third-order valence-electron chi connectivity index (χ3n) is 1.81. The fraction of sp³-hybridized carbons (Fsp3) is 0.556. The molecule has 3 heteroatoms. The van der Waals surface area contributed by atoms with E-state index in [4.69, 9.17) is 0 Å². The molecule has 2 nitrogen and oxygen atoms in total. The van der Waals surface area contributed by atoms with Crippen molar-refractivity contribution < 1.29 is 0 Å². The van der Waals surface area contributed by atoms with Crippen LogP contribution in [0.4, 0.5) is 0 Å². The average molecular weight is 184 g/mol. The molecule has 68 valence electrons. The van der Waals surface area contributed by atoms with Gasteiger partial charge < -0.3 is 0 Å². The highest BCUT2D eigenvalue weighted by atomic mass is 31.1. The van der Waals surface area contributed by atoms with Gasteiger partial charge in [-0.2, -0.15) is 0 Å². The van der Waals surface area contributed by atoms with Gasteiger partial charge in [-0.05, 0) is 28.2 Å². The first-order chi connectivity index (χ1) is 5.63. The van der Waals surface area contributed by atoms with E-state index >= 15 is 0 Å². The van der Waals surface area contributed by atoms with Crippen LogP contribution in [0.3, 0.4) is 0 Å². The summed E-state index contributed by atoms with van der Waals surface area (Å²) in [4.78, 5) is 0. The van der Waals surface area contributed by atoms with Gasteiger partial charge in [-0.15, -0.1) is 0 Å². The summed E-state index contributed by atoms with van der Waals surface area (Å²) in [5.41, 5.74) is 0.602. The topological polar surface area (TPSA) is 6.48 Å². The van der Waals surface area contributed by atoms with Crippen molar-refractivity contribution in [3.63, 3.8) is 0 Å². The Morgan fingerprint density at radius 2 is 1.33 bits per heavy atom. The molecule has 1 rings (SSSR count). The average Bonchev–Trinajstić information content (AvgIpc) is 2.37. The van der Waals surface area contributed by atoms with Crippen LogP contribution in [0.5, 0.6) is 0 Å². The molecule has 0 heterocycles. The molecule has 0 saturated heterocycles. The third kappa shape index (κ3) is 2.16. The number of nitrogens with zero attached hydrogens (tertiary/aromatic N) is 2. The van der Waals surface area contributed by atoms with Crippen molar-refractivity contribution in [2.24, 2.45) is 0 Å². The zero-order valence-electron chi connectivity index (χ0n) is 8.23. The Balaban J connectivity index is 2.65. The van der Waals surface area contributed by atoms with E-state index in [1.165, 1.54) is 0 Å². The van der Waals surface area contributed by atoms with Gasteiger partial charge in [-0.3, -0.25) is 9.34 Å². The Hall–Kier alpha value is -0.170. The zero-order valence-corrected chi connectivity index (χ0v) is 9.12. The summed E-state index contributed by atoms with van der Waals surface area (Å²) in [6.07, 6.45) is 8.80. The SMILES string of the molecule is CN(C)P(C1C=CC=C1)N(C)C. The predicted octanol–water partition coefficient (Wildman–Crippen LogP) is 1.92. The molecule has 0 radical (unpaired) electrons. The summed E-state index contributed by atoms with van der Waals surface area (Å²) >= 11 is 0. The molecule has 0 unspecified atom stereocenters. The van der Waals surface area contributed by atoms with E-state index in [1.54, 1.807) is 0 Å². The van der Waals surface area contributed by atoms with Crippen molar-refractivity contribution in [3.8, 4) is 0 Å². The van der Waals surface area contributed by atoms with Crippen LogP contribution in [0.1, 0.15) is 0 Å². The van der Waals surface area contributed by atoms with E-state index in [0.29, 0.717) is 5.66 Å². The molecule has 0 saturated carbocycles. The predicted molar refractivity (Wildman–Crippen MR) is 56.4 cm³/mol. The van der Waals surface area contributed by atoms with Crippen LogP contribution in [0.15, 0.2) is 24.3 Å². The molecular formula is C9H17N2P. The van der Waals surface area contributed by atoms with Gasteiger partial charge in [0.2, 0.25) is 0 Å². The van der Waals surface area contributed by atoms with E-state index in [0.717, 1.165) is 0 Å². The van der Waals surface area contributed by atoms with Crippen molar-refractivity contribution >= 4 is 8.22 Å². The molecule has 0 bridgehead atoms. The minimum atomic E-state index is -0.187. The van der Waals surface area contributed by atoms with Crippen LogP contribution in [-0.4, -0.2) is 43.2 Å². The third-order valence-corrected chi connectivity index (χ3v) is 4.33. The summed E-state index contributed by atoms with van der Waals surface area (Å²) in [7, 11) is 8.39. The maximum Gasteiger partial charge on any atom is 0.0497 e. The molecule has 0 aliphatic heterocycles. The lowest BCUT2D eigenvalue weighted by Gasteiger charge is -2.33. The highest BCUT2D eigenvalue weighted by Gasteiger charge is 2.22. The van der Waals surface area contributed by atoms with Crippen LogP contribution in [0, 0.1) is 0 Å². The van der Waals surface area contributed by atoms with Gasteiger partial charge in [0, 0.05) is 13.9 Å². The van der Waals surface area contributed by atoms with Crippen LogP contribution >= 0.6 is 8.22 Å². The Morgan fingerprint density at radius 3 is 1.67 bits per heavy atom. The number of rotatable bonds is 3. The highest BCUT2D eigenvalue weighted by molar-refractivity contribution is 7.53.